The zero-order valence-electron chi connectivity index (χ0n) is 19.2. The van der Waals surface area contributed by atoms with Crippen LogP contribution in [-0.4, -0.2) is 22.2 Å². The first kappa shape index (κ1) is 21.5. The van der Waals surface area contributed by atoms with Gasteiger partial charge in [0, 0.05) is 28.1 Å². The van der Waals surface area contributed by atoms with Crippen LogP contribution in [0.5, 0.6) is 0 Å². The molecule has 4 aliphatic rings. The summed E-state index contributed by atoms with van der Waals surface area (Å²) >= 11 is 1.80. The van der Waals surface area contributed by atoms with Crippen LogP contribution in [0.2, 0.25) is 0 Å². The second kappa shape index (κ2) is 7.35. The van der Waals surface area contributed by atoms with E-state index in [-0.39, 0.29) is 10.8 Å². The monoisotopic (exact) mass is 436 g/mol. The van der Waals surface area contributed by atoms with Crippen molar-refractivity contribution in [1.82, 2.24) is 0 Å². The highest BCUT2D eigenvalue weighted by Crippen LogP contribution is 2.69. The van der Waals surface area contributed by atoms with Gasteiger partial charge in [0.25, 0.3) is 0 Å². The molecular weight excluding hydrogens is 400 g/mol. The van der Waals surface area contributed by atoms with Crippen molar-refractivity contribution in [3.8, 4) is 0 Å². The maximum Gasteiger partial charge on any atom is 0.159 e. The van der Waals surface area contributed by atoms with E-state index in [4.69, 9.17) is 0 Å². The second-order valence-electron chi connectivity index (χ2n) is 11.3. The van der Waals surface area contributed by atoms with Crippen LogP contribution in [0.4, 0.5) is 0 Å². The van der Waals surface area contributed by atoms with Gasteiger partial charge >= 0.3 is 0 Å². The van der Waals surface area contributed by atoms with Gasteiger partial charge in [0.05, 0.1) is 5.60 Å². The maximum atomic E-state index is 13.0. The third kappa shape index (κ3) is 3.14. The molecule has 3 heteroatoms. The highest BCUT2D eigenvalue weighted by Gasteiger charge is 2.63. The molecule has 2 nitrogen and oxygen atoms in total. The van der Waals surface area contributed by atoms with Crippen LogP contribution in [0.25, 0.3) is 0 Å². The van der Waals surface area contributed by atoms with Gasteiger partial charge < -0.3 is 5.11 Å². The molecule has 3 saturated carbocycles. The van der Waals surface area contributed by atoms with Crippen molar-refractivity contribution in [1.29, 1.82) is 0 Å². The minimum absolute atomic E-state index is 0.0519. The summed E-state index contributed by atoms with van der Waals surface area (Å²) in [5.41, 5.74) is 3.26. The van der Waals surface area contributed by atoms with Gasteiger partial charge in [-0.2, -0.15) is 0 Å². The summed E-state index contributed by atoms with van der Waals surface area (Å²) in [6.45, 7) is 11.4. The first-order valence-corrected chi connectivity index (χ1v) is 13.0. The Morgan fingerprint density at radius 3 is 2.58 bits per heavy atom. The van der Waals surface area contributed by atoms with Crippen LogP contribution in [0, 0.1) is 28.6 Å². The average molecular weight is 437 g/mol. The Morgan fingerprint density at radius 1 is 1.10 bits per heavy atom. The lowest BCUT2D eigenvalue weighted by Gasteiger charge is -2.60. The molecule has 3 fully saturated rings. The van der Waals surface area contributed by atoms with Crippen LogP contribution in [0.15, 0.2) is 58.5 Å². The predicted octanol–water partition coefficient (Wildman–Crippen LogP) is 6.60. The molecule has 0 heterocycles. The topological polar surface area (TPSA) is 37.3 Å². The maximum absolute atomic E-state index is 13.0. The van der Waals surface area contributed by atoms with Gasteiger partial charge in [0.15, 0.2) is 5.78 Å². The highest BCUT2D eigenvalue weighted by molar-refractivity contribution is 7.99. The lowest BCUT2D eigenvalue weighted by molar-refractivity contribution is -0.119. The van der Waals surface area contributed by atoms with Gasteiger partial charge in [-0.15, -0.1) is 11.8 Å². The van der Waals surface area contributed by atoms with Gasteiger partial charge in [-0.1, -0.05) is 49.8 Å². The third-order valence-electron chi connectivity index (χ3n) is 9.77. The summed E-state index contributed by atoms with van der Waals surface area (Å²) < 4.78 is 0. The van der Waals surface area contributed by atoms with Crippen LogP contribution >= 0.6 is 11.8 Å². The number of carbonyl (C=O) groups excluding carboxylic acids is 1. The normalized spacial score (nSPS) is 42.3. The van der Waals surface area contributed by atoms with Crippen molar-refractivity contribution in [3.05, 3.63) is 53.6 Å². The molecule has 0 saturated heterocycles. The number of Topliss-reactive ketones (excluding diaryl/α,β-unsaturated/α-hetero) is 1. The Morgan fingerprint density at radius 2 is 1.84 bits per heavy atom. The molecule has 4 aliphatic carbocycles. The Hall–Kier alpha value is -1.32. The van der Waals surface area contributed by atoms with E-state index in [1.54, 1.807) is 11.8 Å². The average Bonchev–Trinajstić information content (AvgIpc) is 2.97. The summed E-state index contributed by atoms with van der Waals surface area (Å²) in [6, 6.07) is 10.4. The number of ketones is 1. The number of allylic oxidation sites excluding steroid dienone is 2. The van der Waals surface area contributed by atoms with Crippen molar-refractivity contribution < 1.29 is 9.90 Å². The van der Waals surface area contributed by atoms with E-state index >= 15 is 0 Å². The van der Waals surface area contributed by atoms with E-state index in [1.165, 1.54) is 16.0 Å². The molecule has 0 aliphatic heterocycles. The number of hydrogen-bond donors (Lipinski definition) is 1. The number of benzene rings is 1. The van der Waals surface area contributed by atoms with Crippen molar-refractivity contribution in [2.24, 2.45) is 28.6 Å². The quantitative estimate of drug-likeness (QED) is 0.428. The predicted molar refractivity (Wildman–Crippen MR) is 128 cm³/mol. The molecule has 1 aromatic carbocycles. The Labute approximate surface area is 191 Å². The zero-order valence-corrected chi connectivity index (χ0v) is 20.1. The third-order valence-corrected chi connectivity index (χ3v) is 10.8. The van der Waals surface area contributed by atoms with Gasteiger partial charge in [-0.05, 0) is 80.8 Å². The fourth-order valence-electron chi connectivity index (χ4n) is 7.97. The van der Waals surface area contributed by atoms with E-state index in [0.717, 1.165) is 49.9 Å². The zero-order chi connectivity index (χ0) is 22.0. The Bertz CT molecular complexity index is 945. The van der Waals surface area contributed by atoms with Crippen LogP contribution in [-0.2, 0) is 4.79 Å². The summed E-state index contributed by atoms with van der Waals surface area (Å²) in [5.74, 6) is 2.76. The molecule has 1 unspecified atom stereocenters. The lowest BCUT2D eigenvalue weighted by Crippen LogP contribution is -2.55. The number of rotatable bonds is 3. The van der Waals surface area contributed by atoms with Crippen molar-refractivity contribution in [2.75, 3.05) is 5.75 Å². The Kier molecular flexibility index (Phi) is 5.10. The summed E-state index contributed by atoms with van der Waals surface area (Å²) in [6.07, 6.45) is 6.76. The fourth-order valence-corrected chi connectivity index (χ4v) is 8.97. The SMILES string of the molecule is C=C1C[C@@]2(C)[C@@H](CCC2(C)O)[C@@H]2CCC3=C(CSc4ccccc4)C(=O)CC[C@]3(C)[C@H]12. The van der Waals surface area contributed by atoms with Crippen molar-refractivity contribution in [3.63, 3.8) is 0 Å². The van der Waals surface area contributed by atoms with E-state index < -0.39 is 5.60 Å². The molecule has 166 valence electrons. The van der Waals surface area contributed by atoms with E-state index in [1.807, 2.05) is 6.07 Å². The van der Waals surface area contributed by atoms with Crippen LogP contribution < -0.4 is 0 Å². The number of aliphatic hydroxyl groups is 1. The van der Waals surface area contributed by atoms with E-state index in [2.05, 4.69) is 51.6 Å². The summed E-state index contributed by atoms with van der Waals surface area (Å²) in [5, 5.41) is 11.2. The summed E-state index contributed by atoms with van der Waals surface area (Å²) in [4.78, 5) is 14.3. The molecule has 31 heavy (non-hydrogen) atoms. The first-order chi connectivity index (χ1) is 14.7. The molecule has 6 atom stereocenters. The Balaban J connectivity index is 1.49. The summed E-state index contributed by atoms with van der Waals surface area (Å²) in [7, 11) is 0. The minimum atomic E-state index is -0.595. The molecule has 5 rings (SSSR count). The molecule has 1 aromatic rings. The van der Waals surface area contributed by atoms with Gasteiger partial charge in [-0.25, -0.2) is 0 Å². The van der Waals surface area contributed by atoms with E-state index in [0.29, 0.717) is 30.0 Å². The van der Waals surface area contributed by atoms with Gasteiger partial charge in [-0.3, -0.25) is 4.79 Å². The second-order valence-corrected chi connectivity index (χ2v) is 12.3. The molecule has 0 aromatic heterocycles. The van der Waals surface area contributed by atoms with Crippen LogP contribution in [0.3, 0.4) is 0 Å². The molecule has 0 radical (unpaired) electrons. The first-order valence-electron chi connectivity index (χ1n) is 12.0. The van der Waals surface area contributed by atoms with Crippen LogP contribution in [0.1, 0.15) is 65.7 Å². The molecule has 0 bridgehead atoms. The van der Waals surface area contributed by atoms with Crippen molar-refractivity contribution >= 4 is 17.5 Å². The minimum Gasteiger partial charge on any atom is -0.390 e. The van der Waals surface area contributed by atoms with Gasteiger partial charge in [0.1, 0.15) is 0 Å². The fraction of sp³-hybridized carbons (Fsp3) is 0.607. The molecular formula is C28H36O2S. The van der Waals surface area contributed by atoms with Gasteiger partial charge in [0.2, 0.25) is 0 Å². The van der Waals surface area contributed by atoms with Crippen molar-refractivity contribution in [2.45, 2.75) is 76.2 Å². The van der Waals surface area contributed by atoms with E-state index in [9.17, 15) is 9.90 Å². The standard InChI is InChI=1S/C28H36O2S/c1-18-16-27(3)23(12-15-28(27,4)30)20-10-11-22-21(17-31-19-8-6-5-7-9-19)24(29)13-14-26(22,2)25(18)20/h5-9,20,23,25,30H,1,10-17H2,2-4H3/t20-,23-,25+,26-,27-,28?/m0/s1. The number of carbonyl (C=O) groups is 1. The molecule has 0 amide bonds. The smallest absolute Gasteiger partial charge is 0.159 e. The lowest BCUT2D eigenvalue weighted by atomic mass is 9.45. The number of fused-ring (bicyclic) bond motifs is 5. The largest absolute Gasteiger partial charge is 0.390 e. The molecule has 0 spiro atoms. The number of hydrogen-bond acceptors (Lipinski definition) is 3. The number of thioether (sulfide) groups is 1. The molecule has 1 N–H and O–H groups in total. The highest BCUT2D eigenvalue weighted by atomic mass is 32.2.